The zero-order valence-electron chi connectivity index (χ0n) is 15.7. The van der Waals surface area contributed by atoms with Crippen LogP contribution >= 0.6 is 0 Å². The monoisotopic (exact) mass is 348 g/mol. The van der Waals surface area contributed by atoms with Gasteiger partial charge in [0.2, 0.25) is 0 Å². The summed E-state index contributed by atoms with van der Waals surface area (Å²) in [6.45, 7) is 8.04. The molecule has 0 aliphatic rings. The topological polar surface area (TPSA) is 44.1 Å². The fourth-order valence-electron chi connectivity index (χ4n) is 3.38. The van der Waals surface area contributed by atoms with Gasteiger partial charge in [-0.25, -0.2) is 4.68 Å². The second-order valence-electron chi connectivity index (χ2n) is 6.70. The van der Waals surface area contributed by atoms with Crippen molar-refractivity contribution in [3.05, 3.63) is 71.5 Å². The summed E-state index contributed by atoms with van der Waals surface area (Å²) in [6, 6.07) is 17.8. The predicted octanol–water partition coefficient (Wildman–Crippen LogP) is 5.01. The van der Waals surface area contributed by atoms with Gasteiger partial charge in [0.05, 0.1) is 5.69 Å². The number of aryl methyl sites for hydroxylation is 1. The zero-order valence-corrected chi connectivity index (χ0v) is 15.7. The van der Waals surface area contributed by atoms with Crippen LogP contribution < -0.4 is 4.74 Å². The van der Waals surface area contributed by atoms with Gasteiger partial charge in [0, 0.05) is 11.3 Å². The first-order chi connectivity index (χ1) is 12.5. The molecule has 1 aromatic heterocycles. The van der Waals surface area contributed by atoms with Crippen LogP contribution in [0.5, 0.6) is 5.75 Å². The van der Waals surface area contributed by atoms with Crippen molar-refractivity contribution in [1.29, 1.82) is 0 Å². The molecule has 0 saturated heterocycles. The molecule has 4 nitrogen and oxygen atoms in total. The predicted molar refractivity (Wildman–Crippen MR) is 104 cm³/mol. The number of carbonyl (C=O) groups is 1. The Bertz CT molecular complexity index is 911. The maximum Gasteiger partial charge on any atom is 0.284 e. The molecule has 0 fully saturated rings. The van der Waals surface area contributed by atoms with Crippen LogP contribution in [0, 0.1) is 13.8 Å². The molecule has 3 aromatic rings. The Morgan fingerprint density at radius 2 is 1.69 bits per heavy atom. The van der Waals surface area contributed by atoms with E-state index in [1.54, 1.807) is 0 Å². The minimum Gasteiger partial charge on any atom is -0.483 e. The van der Waals surface area contributed by atoms with Crippen molar-refractivity contribution < 1.29 is 9.53 Å². The number of ether oxygens (including phenoxy) is 1. The van der Waals surface area contributed by atoms with Gasteiger partial charge in [0.1, 0.15) is 5.75 Å². The first kappa shape index (κ1) is 17.9. The average Bonchev–Trinajstić information content (AvgIpc) is 2.95. The lowest BCUT2D eigenvalue weighted by molar-refractivity contribution is 0.0818. The quantitative estimate of drug-likeness (QED) is 0.651. The van der Waals surface area contributed by atoms with E-state index in [0.29, 0.717) is 11.7 Å². The zero-order chi connectivity index (χ0) is 18.7. The molecule has 0 amide bonds. The number of hydrogen-bond acceptors (Lipinski definition) is 3. The van der Waals surface area contributed by atoms with Crippen LogP contribution in [0.2, 0.25) is 0 Å². The number of hydrogen-bond donors (Lipinski definition) is 0. The highest BCUT2D eigenvalue weighted by Crippen LogP contribution is 2.29. The van der Waals surface area contributed by atoms with Gasteiger partial charge in [0.25, 0.3) is 5.91 Å². The molecule has 1 heterocycles. The van der Waals surface area contributed by atoms with Crippen LogP contribution in [-0.4, -0.2) is 22.3 Å². The van der Waals surface area contributed by atoms with Gasteiger partial charge < -0.3 is 4.74 Å². The SMILES string of the molecule is Cc1nn(C(=O)COc2ccccc2-c2ccccc2)c(C)c1C(C)C. The molecule has 0 aliphatic carbocycles. The molecule has 0 radical (unpaired) electrons. The third-order valence-corrected chi connectivity index (χ3v) is 4.48. The Morgan fingerprint density at radius 1 is 1.04 bits per heavy atom. The van der Waals surface area contributed by atoms with Crippen LogP contribution in [0.3, 0.4) is 0 Å². The molecule has 0 bridgehead atoms. The Hall–Kier alpha value is -2.88. The highest BCUT2D eigenvalue weighted by atomic mass is 16.5. The highest BCUT2D eigenvalue weighted by molar-refractivity contribution is 5.81. The van der Waals surface area contributed by atoms with Crippen molar-refractivity contribution >= 4 is 5.91 Å². The van der Waals surface area contributed by atoms with E-state index in [4.69, 9.17) is 4.74 Å². The highest BCUT2D eigenvalue weighted by Gasteiger charge is 2.19. The molecule has 0 N–H and O–H groups in total. The van der Waals surface area contributed by atoms with E-state index in [1.165, 1.54) is 4.68 Å². The molecule has 0 saturated carbocycles. The standard InChI is InChI=1S/C22H24N2O2/c1-15(2)22-16(3)23-24(17(22)4)21(25)14-26-20-13-9-8-12-19(20)18-10-6-5-7-11-18/h5-13,15H,14H2,1-4H3. The Balaban J connectivity index is 1.81. The number of para-hydroxylation sites is 1. The minimum atomic E-state index is -0.166. The van der Waals surface area contributed by atoms with Gasteiger partial charge in [0.15, 0.2) is 6.61 Å². The molecule has 0 atom stereocenters. The lowest BCUT2D eigenvalue weighted by Gasteiger charge is -2.12. The third-order valence-electron chi connectivity index (χ3n) is 4.48. The van der Waals surface area contributed by atoms with Crippen molar-refractivity contribution in [3.63, 3.8) is 0 Å². The minimum absolute atomic E-state index is 0.0522. The fourth-order valence-corrected chi connectivity index (χ4v) is 3.38. The summed E-state index contributed by atoms with van der Waals surface area (Å²) in [7, 11) is 0. The van der Waals surface area contributed by atoms with Gasteiger partial charge in [-0.2, -0.15) is 5.10 Å². The maximum atomic E-state index is 12.7. The van der Waals surface area contributed by atoms with Crippen molar-refractivity contribution in [2.75, 3.05) is 6.61 Å². The van der Waals surface area contributed by atoms with E-state index in [9.17, 15) is 4.79 Å². The smallest absolute Gasteiger partial charge is 0.284 e. The van der Waals surface area contributed by atoms with Gasteiger partial charge in [-0.15, -0.1) is 0 Å². The van der Waals surface area contributed by atoms with Crippen LogP contribution in [0.25, 0.3) is 11.1 Å². The number of benzene rings is 2. The van der Waals surface area contributed by atoms with E-state index in [2.05, 4.69) is 18.9 Å². The van der Waals surface area contributed by atoms with Crippen LogP contribution in [0.1, 0.15) is 41.5 Å². The maximum absolute atomic E-state index is 12.7. The summed E-state index contributed by atoms with van der Waals surface area (Å²) in [5.74, 6) is 0.856. The first-order valence-corrected chi connectivity index (χ1v) is 8.85. The number of nitrogens with zero attached hydrogens (tertiary/aromatic N) is 2. The molecule has 2 aromatic carbocycles. The molecule has 26 heavy (non-hydrogen) atoms. The van der Waals surface area contributed by atoms with E-state index < -0.39 is 0 Å². The molecular weight excluding hydrogens is 324 g/mol. The number of aromatic nitrogens is 2. The number of carbonyl (C=O) groups excluding carboxylic acids is 1. The Kier molecular flexibility index (Phi) is 5.21. The van der Waals surface area contributed by atoms with Crippen molar-refractivity contribution in [2.24, 2.45) is 0 Å². The van der Waals surface area contributed by atoms with Crippen LogP contribution in [0.4, 0.5) is 0 Å². The summed E-state index contributed by atoms with van der Waals surface area (Å²) >= 11 is 0. The first-order valence-electron chi connectivity index (χ1n) is 8.85. The van der Waals surface area contributed by atoms with E-state index >= 15 is 0 Å². The molecule has 3 rings (SSSR count). The third kappa shape index (κ3) is 3.54. The van der Waals surface area contributed by atoms with Crippen LogP contribution in [0.15, 0.2) is 54.6 Å². The second kappa shape index (κ2) is 7.56. The van der Waals surface area contributed by atoms with E-state index in [1.807, 2.05) is 68.4 Å². The number of rotatable bonds is 5. The van der Waals surface area contributed by atoms with Gasteiger partial charge in [-0.1, -0.05) is 62.4 Å². The molecule has 4 heteroatoms. The average molecular weight is 348 g/mol. The van der Waals surface area contributed by atoms with E-state index in [-0.39, 0.29) is 12.5 Å². The Morgan fingerprint density at radius 3 is 2.35 bits per heavy atom. The summed E-state index contributed by atoms with van der Waals surface area (Å²) in [5.41, 5.74) is 4.95. The van der Waals surface area contributed by atoms with Crippen molar-refractivity contribution in [2.45, 2.75) is 33.6 Å². The Labute approximate surface area is 154 Å². The summed E-state index contributed by atoms with van der Waals surface area (Å²) in [4.78, 5) is 12.7. The molecular formula is C22H24N2O2. The normalized spacial score (nSPS) is 11.0. The summed E-state index contributed by atoms with van der Waals surface area (Å²) in [5, 5.41) is 4.41. The van der Waals surface area contributed by atoms with Crippen LogP contribution in [-0.2, 0) is 0 Å². The van der Waals surface area contributed by atoms with E-state index in [0.717, 1.165) is 28.1 Å². The molecule has 0 aliphatic heterocycles. The summed E-state index contributed by atoms with van der Waals surface area (Å²) < 4.78 is 7.33. The fraction of sp³-hybridized carbons (Fsp3) is 0.273. The largest absolute Gasteiger partial charge is 0.483 e. The van der Waals surface area contributed by atoms with Crippen molar-refractivity contribution in [1.82, 2.24) is 9.78 Å². The molecule has 0 spiro atoms. The van der Waals surface area contributed by atoms with Gasteiger partial charge in [-0.3, -0.25) is 4.79 Å². The van der Waals surface area contributed by atoms with Crippen molar-refractivity contribution in [3.8, 4) is 16.9 Å². The van der Waals surface area contributed by atoms with Gasteiger partial charge >= 0.3 is 0 Å². The molecule has 134 valence electrons. The lowest BCUT2D eigenvalue weighted by Crippen LogP contribution is -2.22. The lowest BCUT2D eigenvalue weighted by atomic mass is 10.0. The molecule has 0 unspecified atom stereocenters. The second-order valence-corrected chi connectivity index (χ2v) is 6.70. The summed E-state index contributed by atoms with van der Waals surface area (Å²) in [6.07, 6.45) is 0. The van der Waals surface area contributed by atoms with Gasteiger partial charge in [-0.05, 0) is 37.0 Å².